The van der Waals surface area contributed by atoms with Gasteiger partial charge in [-0.1, -0.05) is 43.7 Å². The van der Waals surface area contributed by atoms with E-state index >= 15 is 0 Å². The molecule has 0 aliphatic rings. The highest BCUT2D eigenvalue weighted by atomic mass is 19.1. The van der Waals surface area contributed by atoms with E-state index in [2.05, 4.69) is 29.2 Å². The first kappa shape index (κ1) is 20.5. The quantitative estimate of drug-likeness (QED) is 0.568. The Labute approximate surface area is 159 Å². The average Bonchev–Trinajstić information content (AvgIpc) is 2.99. The molecule has 0 bridgehead atoms. The Hall–Kier alpha value is -2.81. The van der Waals surface area contributed by atoms with E-state index in [0.29, 0.717) is 11.3 Å². The summed E-state index contributed by atoms with van der Waals surface area (Å²) in [6.45, 7) is 4.17. The number of aromatic nitrogens is 2. The molecule has 2 aromatic rings. The predicted octanol–water partition coefficient (Wildman–Crippen LogP) is 3.76. The van der Waals surface area contributed by atoms with E-state index in [4.69, 9.17) is 4.74 Å². The van der Waals surface area contributed by atoms with Gasteiger partial charge in [-0.2, -0.15) is 5.10 Å². The molecule has 0 saturated carbocycles. The van der Waals surface area contributed by atoms with Crippen molar-refractivity contribution in [2.24, 2.45) is 7.05 Å². The number of rotatable bonds is 8. The zero-order valence-corrected chi connectivity index (χ0v) is 16.1. The second-order valence-corrected chi connectivity index (χ2v) is 6.31. The van der Waals surface area contributed by atoms with Crippen LogP contribution in [-0.4, -0.2) is 22.3 Å². The Balaban J connectivity index is 1.90. The topological polar surface area (TPSA) is 56.1 Å². The smallest absolute Gasteiger partial charge is 0.269 e. The number of benzene rings is 1. The lowest BCUT2D eigenvalue weighted by molar-refractivity contribution is 0.0941. The van der Waals surface area contributed by atoms with Gasteiger partial charge in [-0.15, -0.1) is 0 Å². The third-order valence-electron chi connectivity index (χ3n) is 4.05. The van der Waals surface area contributed by atoms with Crippen LogP contribution in [0.1, 0.15) is 54.4 Å². The second-order valence-electron chi connectivity index (χ2n) is 6.31. The third-order valence-corrected chi connectivity index (χ3v) is 4.05. The summed E-state index contributed by atoms with van der Waals surface area (Å²) in [6, 6.07) is 6.56. The van der Waals surface area contributed by atoms with Crippen LogP contribution < -0.4 is 10.1 Å². The summed E-state index contributed by atoms with van der Waals surface area (Å²) in [4.78, 5) is 12.2. The first-order valence-electron chi connectivity index (χ1n) is 9.17. The molecule has 0 fully saturated rings. The van der Waals surface area contributed by atoms with Crippen LogP contribution >= 0.6 is 0 Å². The van der Waals surface area contributed by atoms with Crippen LogP contribution in [0.4, 0.5) is 4.39 Å². The fraction of sp³-hybridized carbons (Fsp3) is 0.429. The summed E-state index contributed by atoms with van der Waals surface area (Å²) < 4.78 is 21.5. The number of halogens is 1. The van der Waals surface area contributed by atoms with Gasteiger partial charge in [-0.3, -0.25) is 9.48 Å². The van der Waals surface area contributed by atoms with Crippen molar-refractivity contribution in [1.82, 2.24) is 15.1 Å². The highest BCUT2D eigenvalue weighted by Crippen LogP contribution is 2.20. The molecule has 0 unspecified atom stereocenters. The van der Waals surface area contributed by atoms with E-state index in [1.807, 2.05) is 6.92 Å². The molecule has 27 heavy (non-hydrogen) atoms. The van der Waals surface area contributed by atoms with Crippen molar-refractivity contribution in [1.29, 1.82) is 0 Å². The molecular weight excluding hydrogens is 345 g/mol. The maximum atomic E-state index is 14.5. The summed E-state index contributed by atoms with van der Waals surface area (Å²) in [7, 11) is 1.69. The molecule has 1 aromatic carbocycles. The summed E-state index contributed by atoms with van der Waals surface area (Å²) in [5, 5.41) is 6.84. The Morgan fingerprint density at radius 3 is 2.85 bits per heavy atom. The maximum Gasteiger partial charge on any atom is 0.269 e. The Bertz CT molecular complexity index is 834. The highest BCUT2D eigenvalue weighted by Gasteiger charge is 2.14. The Kier molecular flexibility index (Phi) is 7.87. The normalized spacial score (nSPS) is 10.2. The molecule has 6 heteroatoms. The number of carbonyl (C=O) groups is 1. The molecule has 1 aromatic heterocycles. The summed E-state index contributed by atoms with van der Waals surface area (Å²) in [5.41, 5.74) is 1.54. The molecule has 1 N–H and O–H groups in total. The zero-order valence-electron chi connectivity index (χ0n) is 16.1. The van der Waals surface area contributed by atoms with E-state index in [9.17, 15) is 9.18 Å². The molecule has 0 saturated heterocycles. The largest absolute Gasteiger partial charge is 0.478 e. The number of nitrogens with zero attached hydrogens (tertiary/aromatic N) is 2. The van der Waals surface area contributed by atoms with Crippen LogP contribution in [0.5, 0.6) is 5.75 Å². The lowest BCUT2D eigenvalue weighted by atomic mass is 10.2. The molecule has 0 radical (unpaired) electrons. The fourth-order valence-corrected chi connectivity index (χ4v) is 2.61. The van der Waals surface area contributed by atoms with E-state index < -0.39 is 5.82 Å². The predicted molar refractivity (Wildman–Crippen MR) is 103 cm³/mol. The fourth-order valence-electron chi connectivity index (χ4n) is 2.61. The number of amides is 1. The average molecular weight is 371 g/mol. The highest BCUT2D eigenvalue weighted by molar-refractivity contribution is 5.92. The van der Waals surface area contributed by atoms with Gasteiger partial charge in [-0.05, 0) is 25.5 Å². The van der Waals surface area contributed by atoms with Gasteiger partial charge >= 0.3 is 0 Å². The van der Waals surface area contributed by atoms with Crippen LogP contribution in [0.3, 0.4) is 0 Å². The van der Waals surface area contributed by atoms with Crippen molar-refractivity contribution in [2.75, 3.05) is 6.61 Å². The van der Waals surface area contributed by atoms with Gasteiger partial charge < -0.3 is 10.1 Å². The molecule has 0 spiro atoms. The molecule has 0 aliphatic heterocycles. The number of carbonyl (C=O) groups excluding carboxylic acids is 1. The summed E-state index contributed by atoms with van der Waals surface area (Å²) in [5.74, 6) is 5.28. The van der Waals surface area contributed by atoms with Crippen LogP contribution in [0.25, 0.3) is 0 Å². The van der Waals surface area contributed by atoms with Crippen molar-refractivity contribution in [2.45, 2.75) is 46.1 Å². The van der Waals surface area contributed by atoms with Gasteiger partial charge in [0.2, 0.25) is 0 Å². The van der Waals surface area contributed by atoms with Gasteiger partial charge in [0.05, 0.1) is 5.69 Å². The van der Waals surface area contributed by atoms with E-state index in [-0.39, 0.29) is 24.8 Å². The van der Waals surface area contributed by atoms with Crippen LogP contribution in [0.15, 0.2) is 24.3 Å². The van der Waals surface area contributed by atoms with Crippen LogP contribution in [0.2, 0.25) is 0 Å². The Morgan fingerprint density at radius 1 is 1.33 bits per heavy atom. The lowest BCUT2D eigenvalue weighted by Crippen LogP contribution is -2.25. The van der Waals surface area contributed by atoms with Crippen LogP contribution in [-0.2, 0) is 13.6 Å². The third kappa shape index (κ3) is 6.14. The van der Waals surface area contributed by atoms with E-state index in [0.717, 1.165) is 31.4 Å². The number of hydrogen-bond acceptors (Lipinski definition) is 3. The first-order chi connectivity index (χ1) is 13.0. The standard InChI is InChI=1S/C21H26FN3O2/c1-4-5-6-7-8-9-13-27-19-12-10-11-17(20(19)22)15-23-21(26)18-14-16(2)24-25(18)3/h10-12,14H,4-7,13,15H2,1-3H3,(H,23,26). The zero-order chi connectivity index (χ0) is 19.6. The van der Waals surface area contributed by atoms with Gasteiger partial charge in [0.1, 0.15) is 12.3 Å². The number of nitrogens with one attached hydrogen (secondary N) is 1. The first-order valence-corrected chi connectivity index (χ1v) is 9.17. The molecule has 5 nitrogen and oxygen atoms in total. The van der Waals surface area contributed by atoms with E-state index in [1.165, 1.54) is 4.68 Å². The maximum absolute atomic E-state index is 14.5. The summed E-state index contributed by atoms with van der Waals surface area (Å²) >= 11 is 0. The number of unbranched alkanes of at least 4 members (excludes halogenated alkanes) is 3. The lowest BCUT2D eigenvalue weighted by Gasteiger charge is -2.09. The van der Waals surface area contributed by atoms with Crippen molar-refractivity contribution < 1.29 is 13.9 Å². The van der Waals surface area contributed by atoms with Crippen molar-refractivity contribution >= 4 is 5.91 Å². The van der Waals surface area contributed by atoms with E-state index in [1.54, 1.807) is 31.3 Å². The van der Waals surface area contributed by atoms with Crippen molar-refractivity contribution in [3.63, 3.8) is 0 Å². The molecule has 144 valence electrons. The molecule has 0 atom stereocenters. The minimum Gasteiger partial charge on any atom is -0.478 e. The van der Waals surface area contributed by atoms with Crippen LogP contribution in [0, 0.1) is 24.6 Å². The Morgan fingerprint density at radius 2 is 2.15 bits per heavy atom. The molecule has 1 heterocycles. The minimum atomic E-state index is -0.480. The van der Waals surface area contributed by atoms with Gasteiger partial charge in [0.25, 0.3) is 5.91 Å². The van der Waals surface area contributed by atoms with Gasteiger partial charge in [-0.25, -0.2) is 4.39 Å². The molecule has 0 aliphatic carbocycles. The number of ether oxygens (including phenoxy) is 1. The number of aryl methyl sites for hydroxylation is 2. The molecule has 1 amide bonds. The summed E-state index contributed by atoms with van der Waals surface area (Å²) in [6.07, 6.45) is 4.23. The SMILES string of the molecule is CCCCCC#CCOc1cccc(CNC(=O)c2cc(C)nn2C)c1F. The second kappa shape index (κ2) is 10.4. The molecule has 2 rings (SSSR count). The molecular formula is C21H26FN3O2. The van der Waals surface area contributed by atoms with Crippen molar-refractivity contribution in [3.8, 4) is 17.6 Å². The van der Waals surface area contributed by atoms with Crippen molar-refractivity contribution in [3.05, 3.63) is 47.0 Å². The number of hydrogen-bond donors (Lipinski definition) is 1. The van der Waals surface area contributed by atoms with Gasteiger partial charge in [0.15, 0.2) is 11.6 Å². The minimum absolute atomic E-state index is 0.0643. The van der Waals surface area contributed by atoms with Gasteiger partial charge in [0, 0.05) is 25.6 Å². The monoisotopic (exact) mass is 371 g/mol.